The first-order valence-corrected chi connectivity index (χ1v) is 2.48. The summed E-state index contributed by atoms with van der Waals surface area (Å²) in [5, 5.41) is 11.4. The van der Waals surface area contributed by atoms with E-state index in [4.69, 9.17) is 5.26 Å². The molecule has 0 bridgehead atoms. The Hall–Kier alpha value is -1.61. The van der Waals surface area contributed by atoms with Gasteiger partial charge in [0, 0.05) is 0 Å². The zero-order chi connectivity index (χ0) is 8.69. The molecule has 0 aliphatic rings. The molecule has 6 nitrogen and oxygen atoms in total. The van der Waals surface area contributed by atoms with Gasteiger partial charge in [-0.15, -0.1) is 0 Å². The average molecular weight is 156 g/mol. The van der Waals surface area contributed by atoms with E-state index in [0.29, 0.717) is 0 Å². The van der Waals surface area contributed by atoms with Crippen molar-refractivity contribution in [3.63, 3.8) is 0 Å². The topological polar surface area (TPSA) is 83.7 Å². The highest BCUT2D eigenvalue weighted by Crippen LogP contribution is 1.78. The van der Waals surface area contributed by atoms with E-state index in [9.17, 15) is 4.79 Å². The number of nitrogens with one attached hydrogen (secondary N) is 1. The normalized spacial score (nSPS) is 10.1. The summed E-state index contributed by atoms with van der Waals surface area (Å²) in [6.07, 6.45) is 0. The molecule has 0 aliphatic heterocycles. The van der Waals surface area contributed by atoms with Crippen LogP contribution in [0.5, 0.6) is 0 Å². The third-order valence-corrected chi connectivity index (χ3v) is 0.668. The third kappa shape index (κ3) is 3.17. The van der Waals surface area contributed by atoms with Gasteiger partial charge in [-0.05, 0) is 0 Å². The maximum atomic E-state index is 10.7. The molecule has 0 rings (SSSR count). The number of nitriles is 1. The summed E-state index contributed by atoms with van der Waals surface area (Å²) < 4.78 is 0. The standard InChI is InChI=1S/C5H6N3O3/c1-10-7-4(3-6)5(9)8-11-2/h2H2,1H3,(H,8,9). The summed E-state index contributed by atoms with van der Waals surface area (Å²) in [4.78, 5) is 18.8. The van der Waals surface area contributed by atoms with Crippen molar-refractivity contribution >= 4 is 11.6 Å². The number of hydrogen-bond donors (Lipinski definition) is 1. The number of carbonyl (C=O) groups is 1. The Balaban J connectivity index is 4.18. The maximum Gasteiger partial charge on any atom is 0.307 e. The van der Waals surface area contributed by atoms with E-state index in [1.807, 2.05) is 0 Å². The summed E-state index contributed by atoms with van der Waals surface area (Å²) in [5.41, 5.74) is 1.36. The fourth-order valence-corrected chi connectivity index (χ4v) is 0.318. The third-order valence-electron chi connectivity index (χ3n) is 0.668. The number of carbonyl (C=O) groups excluding carboxylic acids is 1. The van der Waals surface area contributed by atoms with Crippen molar-refractivity contribution in [2.45, 2.75) is 0 Å². The highest BCUT2D eigenvalue weighted by Gasteiger charge is 2.09. The molecule has 0 aliphatic carbocycles. The van der Waals surface area contributed by atoms with Crippen LogP contribution in [0.25, 0.3) is 0 Å². The highest BCUT2D eigenvalue weighted by molar-refractivity contribution is 6.44. The second kappa shape index (κ2) is 5.20. The molecule has 0 aromatic rings. The average Bonchev–Trinajstić information content (AvgIpc) is 2.00. The lowest BCUT2D eigenvalue weighted by atomic mass is 10.4. The molecule has 6 heteroatoms. The van der Waals surface area contributed by atoms with Crippen LogP contribution in [0.3, 0.4) is 0 Å². The highest BCUT2D eigenvalue weighted by atomic mass is 16.6. The molecule has 1 radical (unpaired) electrons. The van der Waals surface area contributed by atoms with Crippen molar-refractivity contribution in [2.24, 2.45) is 5.16 Å². The predicted octanol–water partition coefficient (Wildman–Crippen LogP) is -0.648. The Morgan fingerprint density at radius 2 is 2.45 bits per heavy atom. The van der Waals surface area contributed by atoms with Gasteiger partial charge in [0.15, 0.2) is 0 Å². The van der Waals surface area contributed by atoms with Crippen molar-refractivity contribution in [1.82, 2.24) is 5.48 Å². The summed E-state index contributed by atoms with van der Waals surface area (Å²) >= 11 is 0. The Morgan fingerprint density at radius 1 is 1.82 bits per heavy atom. The summed E-state index contributed by atoms with van der Waals surface area (Å²) in [7, 11) is 4.08. The SMILES string of the molecule is [CH2]ONC(=O)C(C#N)=NOC. The molecular weight excluding hydrogens is 150 g/mol. The molecule has 1 N–H and O–H groups in total. The molecule has 11 heavy (non-hydrogen) atoms. The predicted molar refractivity (Wildman–Crippen MR) is 34.6 cm³/mol. The minimum Gasteiger partial charge on any atom is -0.398 e. The van der Waals surface area contributed by atoms with Gasteiger partial charge in [-0.3, -0.25) is 9.63 Å². The van der Waals surface area contributed by atoms with Crippen LogP contribution in [-0.4, -0.2) is 18.7 Å². The van der Waals surface area contributed by atoms with E-state index in [-0.39, 0.29) is 0 Å². The molecular formula is C5H6N3O3. The molecule has 1 amide bonds. The Labute approximate surface area is 63.3 Å². The van der Waals surface area contributed by atoms with Gasteiger partial charge in [-0.25, -0.2) is 5.48 Å². The molecule has 0 atom stereocenters. The molecule has 0 spiro atoms. The second-order valence-corrected chi connectivity index (χ2v) is 1.31. The van der Waals surface area contributed by atoms with Gasteiger partial charge in [-0.1, -0.05) is 5.16 Å². The zero-order valence-electron chi connectivity index (χ0n) is 5.83. The fraction of sp³-hybridized carbons (Fsp3) is 0.200. The van der Waals surface area contributed by atoms with Crippen LogP contribution < -0.4 is 5.48 Å². The van der Waals surface area contributed by atoms with Gasteiger partial charge in [0.25, 0.3) is 0 Å². The molecule has 0 heterocycles. The lowest BCUT2D eigenvalue weighted by Crippen LogP contribution is -2.28. The molecule has 0 aromatic carbocycles. The van der Waals surface area contributed by atoms with Crippen LogP contribution in [0.1, 0.15) is 0 Å². The van der Waals surface area contributed by atoms with Crippen LogP contribution in [-0.2, 0) is 14.5 Å². The Morgan fingerprint density at radius 3 is 2.82 bits per heavy atom. The van der Waals surface area contributed by atoms with Crippen LogP contribution in [0.4, 0.5) is 0 Å². The van der Waals surface area contributed by atoms with E-state index in [1.54, 1.807) is 5.48 Å². The van der Waals surface area contributed by atoms with Gasteiger partial charge >= 0.3 is 5.91 Å². The first-order valence-electron chi connectivity index (χ1n) is 2.48. The van der Waals surface area contributed by atoms with Gasteiger partial charge in [0.1, 0.15) is 20.3 Å². The lowest BCUT2D eigenvalue weighted by molar-refractivity contribution is -0.123. The molecule has 0 unspecified atom stereocenters. The number of nitrogens with zero attached hydrogens (tertiary/aromatic N) is 2. The van der Waals surface area contributed by atoms with Gasteiger partial charge < -0.3 is 4.84 Å². The van der Waals surface area contributed by atoms with Crippen LogP contribution in [0.15, 0.2) is 5.16 Å². The monoisotopic (exact) mass is 156 g/mol. The summed E-state index contributed by atoms with van der Waals surface area (Å²) in [6.45, 7) is 0. The van der Waals surface area contributed by atoms with Gasteiger partial charge in [0.2, 0.25) is 5.71 Å². The molecule has 59 valence electrons. The molecule has 0 saturated heterocycles. The first kappa shape index (κ1) is 9.39. The number of rotatable bonds is 3. The lowest BCUT2D eigenvalue weighted by Gasteiger charge is -1.96. The van der Waals surface area contributed by atoms with E-state index in [0.717, 1.165) is 0 Å². The minimum absolute atomic E-state index is 0.434. The maximum absolute atomic E-state index is 10.7. The van der Waals surface area contributed by atoms with Crippen molar-refractivity contribution in [3.05, 3.63) is 7.11 Å². The Bertz CT molecular complexity index is 206. The van der Waals surface area contributed by atoms with Crippen molar-refractivity contribution in [3.8, 4) is 6.07 Å². The van der Waals surface area contributed by atoms with Crippen LogP contribution >= 0.6 is 0 Å². The number of hydroxylamine groups is 1. The largest absolute Gasteiger partial charge is 0.398 e. The van der Waals surface area contributed by atoms with Crippen molar-refractivity contribution in [1.29, 1.82) is 5.26 Å². The number of oxime groups is 1. The summed E-state index contributed by atoms with van der Waals surface area (Å²) in [5.74, 6) is -0.802. The van der Waals surface area contributed by atoms with E-state index in [1.165, 1.54) is 13.2 Å². The molecule has 0 aromatic heterocycles. The zero-order valence-corrected chi connectivity index (χ0v) is 5.83. The van der Waals surface area contributed by atoms with Gasteiger partial charge in [0.05, 0.1) is 0 Å². The van der Waals surface area contributed by atoms with Crippen molar-refractivity contribution < 1.29 is 14.5 Å². The van der Waals surface area contributed by atoms with E-state index < -0.39 is 11.6 Å². The minimum atomic E-state index is -0.802. The molecule has 0 fully saturated rings. The van der Waals surface area contributed by atoms with Crippen LogP contribution in [0, 0.1) is 18.4 Å². The first-order chi connectivity index (χ1) is 5.26. The molecule has 0 saturated carbocycles. The smallest absolute Gasteiger partial charge is 0.307 e. The Kier molecular flexibility index (Phi) is 4.44. The van der Waals surface area contributed by atoms with Gasteiger partial charge in [-0.2, -0.15) is 5.26 Å². The number of hydrogen-bond acceptors (Lipinski definition) is 5. The summed E-state index contributed by atoms with van der Waals surface area (Å²) in [6, 6.07) is 1.49. The second-order valence-electron chi connectivity index (χ2n) is 1.31. The van der Waals surface area contributed by atoms with E-state index >= 15 is 0 Å². The quantitative estimate of drug-likeness (QED) is 0.434. The van der Waals surface area contributed by atoms with E-state index in [2.05, 4.69) is 21.9 Å². The number of amides is 1. The fourth-order valence-electron chi connectivity index (χ4n) is 0.318. The van der Waals surface area contributed by atoms with Crippen molar-refractivity contribution in [2.75, 3.05) is 7.11 Å². The van der Waals surface area contributed by atoms with Crippen LogP contribution in [0.2, 0.25) is 0 Å².